The summed E-state index contributed by atoms with van der Waals surface area (Å²) < 4.78 is 0. The molecule has 0 aliphatic carbocycles. The summed E-state index contributed by atoms with van der Waals surface area (Å²) in [5.41, 5.74) is 0. The highest BCUT2D eigenvalue weighted by atomic mass is 15.2. The van der Waals surface area contributed by atoms with Crippen LogP contribution >= 0.6 is 0 Å². The van der Waals surface area contributed by atoms with Gasteiger partial charge in [-0.05, 0) is 20.3 Å². The molecule has 2 atom stereocenters. The van der Waals surface area contributed by atoms with E-state index in [0.717, 1.165) is 19.5 Å². The Morgan fingerprint density at radius 2 is 2.33 bits per heavy atom. The molecular formula is C10H20N2. The maximum absolute atomic E-state index is 3.75. The Bertz CT molecular complexity index is 145. The van der Waals surface area contributed by atoms with E-state index in [1.165, 1.54) is 6.54 Å². The van der Waals surface area contributed by atoms with Crippen LogP contribution in [0.5, 0.6) is 0 Å². The van der Waals surface area contributed by atoms with Crippen LogP contribution in [0.1, 0.15) is 20.3 Å². The minimum absolute atomic E-state index is 0.628. The van der Waals surface area contributed by atoms with Gasteiger partial charge in [-0.1, -0.05) is 6.08 Å². The quantitative estimate of drug-likeness (QED) is 0.638. The zero-order valence-corrected chi connectivity index (χ0v) is 8.21. The van der Waals surface area contributed by atoms with Crippen LogP contribution in [0, 0.1) is 0 Å². The molecule has 2 heteroatoms. The second-order valence-electron chi connectivity index (χ2n) is 3.60. The fraction of sp³-hybridized carbons (Fsp3) is 0.800. The van der Waals surface area contributed by atoms with Crippen molar-refractivity contribution in [2.24, 2.45) is 0 Å². The van der Waals surface area contributed by atoms with E-state index in [0.29, 0.717) is 12.1 Å². The van der Waals surface area contributed by atoms with Crippen molar-refractivity contribution in [2.75, 3.05) is 19.6 Å². The number of hydrogen-bond acceptors (Lipinski definition) is 2. The maximum Gasteiger partial charge on any atom is 0.0219 e. The molecule has 0 radical (unpaired) electrons. The zero-order chi connectivity index (χ0) is 8.97. The largest absolute Gasteiger partial charge is 0.311 e. The van der Waals surface area contributed by atoms with Gasteiger partial charge in [0.1, 0.15) is 0 Å². The van der Waals surface area contributed by atoms with Crippen molar-refractivity contribution >= 4 is 0 Å². The number of rotatable bonds is 3. The molecule has 1 aliphatic heterocycles. The first kappa shape index (κ1) is 9.75. The van der Waals surface area contributed by atoms with Crippen molar-refractivity contribution in [1.29, 1.82) is 0 Å². The van der Waals surface area contributed by atoms with Crippen LogP contribution in [0.15, 0.2) is 12.7 Å². The molecule has 0 spiro atoms. The smallest absolute Gasteiger partial charge is 0.0219 e. The molecule has 2 unspecified atom stereocenters. The molecule has 12 heavy (non-hydrogen) atoms. The van der Waals surface area contributed by atoms with Gasteiger partial charge >= 0.3 is 0 Å². The van der Waals surface area contributed by atoms with Gasteiger partial charge in [-0.2, -0.15) is 0 Å². The Balaban J connectivity index is 2.35. The summed E-state index contributed by atoms with van der Waals surface area (Å²) in [6.45, 7) is 11.8. The Morgan fingerprint density at radius 1 is 1.58 bits per heavy atom. The van der Waals surface area contributed by atoms with Crippen molar-refractivity contribution in [3.63, 3.8) is 0 Å². The van der Waals surface area contributed by atoms with Crippen molar-refractivity contribution in [3.05, 3.63) is 12.7 Å². The van der Waals surface area contributed by atoms with Crippen molar-refractivity contribution in [2.45, 2.75) is 32.4 Å². The van der Waals surface area contributed by atoms with Crippen LogP contribution < -0.4 is 5.32 Å². The Kier molecular flexibility index (Phi) is 3.76. The topological polar surface area (TPSA) is 15.3 Å². The standard InChI is InChI=1S/C10H20N2/c1-4-5-7-12-8-6-11-9(2)10(12)3/h4,9-11H,1,5-8H2,2-3H3. The molecule has 0 aromatic carbocycles. The highest BCUT2D eigenvalue weighted by Gasteiger charge is 2.22. The summed E-state index contributed by atoms with van der Waals surface area (Å²) >= 11 is 0. The van der Waals surface area contributed by atoms with E-state index in [9.17, 15) is 0 Å². The van der Waals surface area contributed by atoms with Gasteiger partial charge in [0.15, 0.2) is 0 Å². The van der Waals surface area contributed by atoms with Gasteiger partial charge in [0.25, 0.3) is 0 Å². The van der Waals surface area contributed by atoms with Crippen LogP contribution in [0.25, 0.3) is 0 Å². The van der Waals surface area contributed by atoms with E-state index in [1.807, 2.05) is 6.08 Å². The van der Waals surface area contributed by atoms with Gasteiger partial charge in [-0.25, -0.2) is 0 Å². The first-order chi connectivity index (χ1) is 5.75. The number of nitrogens with zero attached hydrogens (tertiary/aromatic N) is 1. The molecule has 70 valence electrons. The molecule has 0 saturated carbocycles. The van der Waals surface area contributed by atoms with Gasteiger partial charge in [0, 0.05) is 31.7 Å². The van der Waals surface area contributed by atoms with Crippen molar-refractivity contribution in [1.82, 2.24) is 10.2 Å². The number of nitrogens with one attached hydrogen (secondary N) is 1. The van der Waals surface area contributed by atoms with E-state index < -0.39 is 0 Å². The summed E-state index contributed by atoms with van der Waals surface area (Å²) in [4.78, 5) is 2.53. The van der Waals surface area contributed by atoms with Crippen LogP contribution in [-0.4, -0.2) is 36.6 Å². The summed E-state index contributed by atoms with van der Waals surface area (Å²) in [6, 6.07) is 1.29. The normalized spacial score (nSPS) is 31.8. The molecule has 0 aromatic heterocycles. The van der Waals surface area contributed by atoms with Gasteiger partial charge in [-0.15, -0.1) is 6.58 Å². The first-order valence-corrected chi connectivity index (χ1v) is 4.84. The Hall–Kier alpha value is -0.340. The van der Waals surface area contributed by atoms with Crippen LogP contribution in [0.3, 0.4) is 0 Å². The monoisotopic (exact) mass is 168 g/mol. The van der Waals surface area contributed by atoms with E-state index in [4.69, 9.17) is 0 Å². The highest BCUT2D eigenvalue weighted by molar-refractivity contribution is 4.84. The zero-order valence-electron chi connectivity index (χ0n) is 8.21. The fourth-order valence-corrected chi connectivity index (χ4v) is 1.70. The molecule has 1 fully saturated rings. The summed E-state index contributed by atoms with van der Waals surface area (Å²) in [6.07, 6.45) is 3.11. The molecule has 2 nitrogen and oxygen atoms in total. The SMILES string of the molecule is C=CCCN1CCNC(C)C1C. The minimum Gasteiger partial charge on any atom is -0.311 e. The lowest BCUT2D eigenvalue weighted by atomic mass is 10.1. The van der Waals surface area contributed by atoms with E-state index >= 15 is 0 Å². The van der Waals surface area contributed by atoms with Crippen LogP contribution in [0.2, 0.25) is 0 Å². The summed E-state index contributed by atoms with van der Waals surface area (Å²) in [5.74, 6) is 0. The van der Waals surface area contributed by atoms with Gasteiger partial charge in [0.2, 0.25) is 0 Å². The van der Waals surface area contributed by atoms with Gasteiger partial charge < -0.3 is 5.32 Å². The first-order valence-electron chi connectivity index (χ1n) is 4.84. The predicted molar refractivity (Wildman–Crippen MR) is 53.3 cm³/mol. The molecule has 1 saturated heterocycles. The average Bonchev–Trinajstić information content (AvgIpc) is 2.08. The lowest BCUT2D eigenvalue weighted by Crippen LogP contribution is -2.55. The molecule has 1 rings (SSSR count). The van der Waals surface area contributed by atoms with E-state index in [2.05, 4.69) is 30.6 Å². The third kappa shape index (κ3) is 2.32. The molecular weight excluding hydrogens is 148 g/mol. The molecule has 1 heterocycles. The fourth-order valence-electron chi connectivity index (χ4n) is 1.70. The Labute approximate surface area is 75.6 Å². The third-order valence-corrected chi connectivity index (χ3v) is 2.79. The van der Waals surface area contributed by atoms with E-state index in [-0.39, 0.29) is 0 Å². The maximum atomic E-state index is 3.75. The minimum atomic E-state index is 0.628. The number of hydrogen-bond donors (Lipinski definition) is 1. The third-order valence-electron chi connectivity index (χ3n) is 2.79. The molecule has 1 aliphatic rings. The molecule has 0 aromatic rings. The average molecular weight is 168 g/mol. The summed E-state index contributed by atoms with van der Waals surface area (Å²) in [5, 5.41) is 3.47. The highest BCUT2D eigenvalue weighted by Crippen LogP contribution is 2.08. The van der Waals surface area contributed by atoms with E-state index in [1.54, 1.807) is 0 Å². The van der Waals surface area contributed by atoms with Crippen LogP contribution in [0.4, 0.5) is 0 Å². The molecule has 0 amide bonds. The van der Waals surface area contributed by atoms with Crippen molar-refractivity contribution in [3.8, 4) is 0 Å². The van der Waals surface area contributed by atoms with Gasteiger partial charge in [-0.3, -0.25) is 4.90 Å². The van der Waals surface area contributed by atoms with Crippen LogP contribution in [-0.2, 0) is 0 Å². The second-order valence-corrected chi connectivity index (χ2v) is 3.60. The summed E-state index contributed by atoms with van der Waals surface area (Å²) in [7, 11) is 0. The van der Waals surface area contributed by atoms with Crippen molar-refractivity contribution < 1.29 is 0 Å². The second kappa shape index (κ2) is 4.63. The molecule has 0 bridgehead atoms. The van der Waals surface area contributed by atoms with Gasteiger partial charge in [0.05, 0.1) is 0 Å². The molecule has 1 N–H and O–H groups in total. The lowest BCUT2D eigenvalue weighted by Gasteiger charge is -2.38. The number of piperazine rings is 1. The Morgan fingerprint density at radius 3 is 3.00 bits per heavy atom. The lowest BCUT2D eigenvalue weighted by molar-refractivity contribution is 0.141. The predicted octanol–water partition coefficient (Wildman–Crippen LogP) is 1.24.